The Morgan fingerprint density at radius 3 is 2.34 bits per heavy atom. The molecular weight excluding hydrogens is 438 g/mol. The molecule has 3 aromatic rings. The number of aromatic nitrogens is 1. The van der Waals surface area contributed by atoms with Crippen LogP contribution in [0.3, 0.4) is 0 Å². The first kappa shape index (κ1) is 23.2. The highest BCUT2D eigenvalue weighted by Gasteiger charge is 2.48. The molecule has 1 saturated carbocycles. The fourth-order valence-corrected chi connectivity index (χ4v) is 5.38. The van der Waals surface area contributed by atoms with Gasteiger partial charge in [-0.15, -0.1) is 0 Å². The van der Waals surface area contributed by atoms with E-state index in [9.17, 15) is 9.59 Å². The molecule has 6 heteroatoms. The molecule has 2 amide bonds. The third kappa shape index (κ3) is 4.45. The van der Waals surface area contributed by atoms with Crippen molar-refractivity contribution in [3.63, 3.8) is 0 Å². The molecule has 2 aromatic carbocycles. The monoisotopic (exact) mass is 471 g/mol. The van der Waals surface area contributed by atoms with Gasteiger partial charge in [0.05, 0.1) is 13.7 Å². The summed E-state index contributed by atoms with van der Waals surface area (Å²) in [5.41, 5.74) is 2.53. The van der Waals surface area contributed by atoms with Gasteiger partial charge in [-0.05, 0) is 55.2 Å². The fraction of sp³-hybridized carbons (Fsp3) is 0.379. The summed E-state index contributed by atoms with van der Waals surface area (Å²) in [5.74, 6) is 0.554. The van der Waals surface area contributed by atoms with E-state index in [0.29, 0.717) is 18.8 Å². The number of methoxy groups -OCH3 is 1. The molecule has 0 radical (unpaired) electrons. The van der Waals surface area contributed by atoms with Crippen molar-refractivity contribution in [1.29, 1.82) is 0 Å². The van der Waals surface area contributed by atoms with Crippen LogP contribution in [-0.4, -0.2) is 40.0 Å². The second kappa shape index (κ2) is 9.61. The summed E-state index contributed by atoms with van der Waals surface area (Å²) >= 11 is 0. The van der Waals surface area contributed by atoms with Crippen LogP contribution in [0.2, 0.25) is 0 Å². The van der Waals surface area contributed by atoms with Gasteiger partial charge in [0.1, 0.15) is 17.0 Å². The van der Waals surface area contributed by atoms with Crippen molar-refractivity contribution in [3.8, 4) is 17.0 Å². The Kier molecular flexibility index (Phi) is 6.37. The van der Waals surface area contributed by atoms with Gasteiger partial charge in [0, 0.05) is 18.3 Å². The number of rotatable bonds is 6. The lowest BCUT2D eigenvalue weighted by atomic mass is 9.91. The van der Waals surface area contributed by atoms with Crippen molar-refractivity contribution in [2.75, 3.05) is 7.11 Å². The lowest BCUT2D eigenvalue weighted by Crippen LogP contribution is -2.64. The Morgan fingerprint density at radius 1 is 0.971 bits per heavy atom. The summed E-state index contributed by atoms with van der Waals surface area (Å²) in [5, 5.41) is 3.30. The van der Waals surface area contributed by atoms with Crippen molar-refractivity contribution >= 4 is 11.8 Å². The highest BCUT2D eigenvalue weighted by atomic mass is 16.5. The molecule has 1 aliphatic carbocycles. The van der Waals surface area contributed by atoms with Crippen LogP contribution in [0.4, 0.5) is 0 Å². The molecule has 1 aromatic heterocycles. The summed E-state index contributed by atoms with van der Waals surface area (Å²) in [7, 11) is 1.63. The lowest BCUT2D eigenvalue weighted by Gasteiger charge is -2.45. The van der Waals surface area contributed by atoms with Gasteiger partial charge in [0.2, 0.25) is 5.91 Å². The van der Waals surface area contributed by atoms with E-state index in [1.807, 2.05) is 78.2 Å². The average Bonchev–Trinajstić information content (AvgIpc) is 3.31. The number of fused-ring (bicyclic) bond motifs is 1. The van der Waals surface area contributed by atoms with Crippen LogP contribution >= 0.6 is 0 Å². The van der Waals surface area contributed by atoms with E-state index in [2.05, 4.69) is 5.32 Å². The Morgan fingerprint density at radius 2 is 1.66 bits per heavy atom. The molecule has 35 heavy (non-hydrogen) atoms. The van der Waals surface area contributed by atoms with Crippen LogP contribution in [0.25, 0.3) is 11.3 Å². The molecule has 1 fully saturated rings. The highest BCUT2D eigenvalue weighted by molar-refractivity contribution is 6.00. The van der Waals surface area contributed by atoms with Crippen molar-refractivity contribution in [3.05, 3.63) is 78.0 Å². The molecule has 2 aliphatic rings. The van der Waals surface area contributed by atoms with E-state index < -0.39 is 5.54 Å². The lowest BCUT2D eigenvalue weighted by molar-refractivity contribution is -0.134. The topological polar surface area (TPSA) is 63.6 Å². The quantitative estimate of drug-likeness (QED) is 0.549. The minimum atomic E-state index is -1.02. The number of hydrogen-bond acceptors (Lipinski definition) is 3. The molecule has 6 nitrogen and oxygen atoms in total. The fourth-order valence-electron chi connectivity index (χ4n) is 5.38. The normalized spacial score (nSPS) is 20.4. The van der Waals surface area contributed by atoms with Gasteiger partial charge < -0.3 is 19.5 Å². The maximum Gasteiger partial charge on any atom is 0.271 e. The van der Waals surface area contributed by atoms with Gasteiger partial charge >= 0.3 is 0 Å². The largest absolute Gasteiger partial charge is 0.497 e. The number of carbonyl (C=O) groups is 2. The standard InChI is InChI=1S/C29H33N3O3/c1-29(28(34)30-23-11-7-4-8-12-23)20-31-25(22-9-5-3-6-10-22)17-18-26(31)27(33)32(29)19-21-13-15-24(35-2)16-14-21/h3,5-6,9-10,13-18,23H,4,7-8,11-12,19-20H2,1-2H3,(H,30,34)/t29-/m0/s1. The number of carbonyl (C=O) groups excluding carboxylic acids is 2. The number of amides is 2. The van der Waals surface area contributed by atoms with Gasteiger partial charge in [-0.3, -0.25) is 9.59 Å². The van der Waals surface area contributed by atoms with Gasteiger partial charge in [-0.2, -0.15) is 0 Å². The number of nitrogens with one attached hydrogen (secondary N) is 1. The Balaban J connectivity index is 1.52. The van der Waals surface area contributed by atoms with E-state index in [4.69, 9.17) is 4.74 Å². The van der Waals surface area contributed by atoms with Crippen LogP contribution in [0.1, 0.15) is 55.1 Å². The molecule has 0 unspecified atom stereocenters. The van der Waals surface area contributed by atoms with Crippen LogP contribution < -0.4 is 10.1 Å². The SMILES string of the molecule is COc1ccc(CN2C(=O)c3ccc(-c4ccccc4)n3C[C@@]2(C)C(=O)NC2CCCCC2)cc1. The molecule has 2 heterocycles. The van der Waals surface area contributed by atoms with Crippen molar-refractivity contribution in [2.24, 2.45) is 0 Å². The first-order valence-corrected chi connectivity index (χ1v) is 12.5. The smallest absolute Gasteiger partial charge is 0.271 e. The molecule has 1 aliphatic heterocycles. The zero-order chi connectivity index (χ0) is 24.4. The van der Waals surface area contributed by atoms with Gasteiger partial charge in [0.25, 0.3) is 5.91 Å². The van der Waals surface area contributed by atoms with Crippen LogP contribution in [0, 0.1) is 0 Å². The summed E-state index contributed by atoms with van der Waals surface area (Å²) in [6, 6.07) is 21.8. The minimum absolute atomic E-state index is 0.0791. The van der Waals surface area contributed by atoms with Gasteiger partial charge in [-0.1, -0.05) is 61.7 Å². The van der Waals surface area contributed by atoms with Crippen molar-refractivity contribution in [1.82, 2.24) is 14.8 Å². The van der Waals surface area contributed by atoms with Crippen molar-refractivity contribution in [2.45, 2.75) is 63.7 Å². The molecule has 0 spiro atoms. The summed E-state index contributed by atoms with van der Waals surface area (Å²) in [6.07, 6.45) is 5.49. The zero-order valence-electron chi connectivity index (χ0n) is 20.5. The molecule has 1 N–H and O–H groups in total. The third-order valence-corrected chi connectivity index (χ3v) is 7.51. The van der Waals surface area contributed by atoms with E-state index in [1.54, 1.807) is 12.0 Å². The Labute approximate surface area is 206 Å². The van der Waals surface area contributed by atoms with Gasteiger partial charge in [0.15, 0.2) is 0 Å². The number of ether oxygens (including phenoxy) is 1. The van der Waals surface area contributed by atoms with E-state index in [0.717, 1.165) is 48.3 Å². The predicted octanol–water partition coefficient (Wildman–Crippen LogP) is 5.03. The highest BCUT2D eigenvalue weighted by Crippen LogP contribution is 2.34. The number of hydrogen-bond donors (Lipinski definition) is 1. The predicted molar refractivity (Wildman–Crippen MR) is 136 cm³/mol. The third-order valence-electron chi connectivity index (χ3n) is 7.51. The number of benzene rings is 2. The molecule has 0 saturated heterocycles. The summed E-state index contributed by atoms with van der Waals surface area (Å²) < 4.78 is 7.30. The zero-order valence-corrected chi connectivity index (χ0v) is 20.5. The molecule has 1 atom stereocenters. The van der Waals surface area contributed by atoms with Gasteiger partial charge in [-0.25, -0.2) is 0 Å². The summed E-state index contributed by atoms with van der Waals surface area (Å²) in [4.78, 5) is 29.5. The van der Waals surface area contributed by atoms with Crippen molar-refractivity contribution < 1.29 is 14.3 Å². The maximum atomic E-state index is 13.9. The minimum Gasteiger partial charge on any atom is -0.497 e. The molecule has 5 rings (SSSR count). The van der Waals surface area contributed by atoms with E-state index in [1.165, 1.54) is 6.42 Å². The Bertz CT molecular complexity index is 1200. The second-order valence-corrected chi connectivity index (χ2v) is 9.88. The Hall–Kier alpha value is -3.54. The molecule has 182 valence electrons. The van der Waals surface area contributed by atoms with Crippen LogP contribution in [0.5, 0.6) is 5.75 Å². The molecule has 0 bridgehead atoms. The number of nitrogens with zero attached hydrogens (tertiary/aromatic N) is 2. The van der Waals surface area contributed by atoms with E-state index >= 15 is 0 Å². The second-order valence-electron chi connectivity index (χ2n) is 9.88. The van der Waals surface area contributed by atoms with Crippen LogP contribution in [-0.2, 0) is 17.9 Å². The average molecular weight is 472 g/mol. The maximum absolute atomic E-state index is 13.9. The molecular formula is C29H33N3O3. The first-order valence-electron chi connectivity index (χ1n) is 12.5. The first-order chi connectivity index (χ1) is 17.0. The van der Waals surface area contributed by atoms with Crippen LogP contribution in [0.15, 0.2) is 66.7 Å². The summed E-state index contributed by atoms with van der Waals surface area (Å²) in [6.45, 7) is 2.66. The van der Waals surface area contributed by atoms with E-state index in [-0.39, 0.29) is 17.9 Å².